The van der Waals surface area contributed by atoms with Gasteiger partial charge in [0.2, 0.25) is 0 Å². The second-order valence-electron chi connectivity index (χ2n) is 3.38. The van der Waals surface area contributed by atoms with Crippen molar-refractivity contribution in [2.75, 3.05) is 12.8 Å². The van der Waals surface area contributed by atoms with Crippen molar-refractivity contribution < 1.29 is 0 Å². The van der Waals surface area contributed by atoms with Gasteiger partial charge in [0.1, 0.15) is 5.69 Å². The highest BCUT2D eigenvalue weighted by Crippen LogP contribution is 2.20. The van der Waals surface area contributed by atoms with Crippen molar-refractivity contribution in [3.05, 3.63) is 30.5 Å². The highest BCUT2D eigenvalue weighted by atomic mass is 35.5. The molecule has 0 fully saturated rings. The molecule has 0 aliphatic carbocycles. The van der Waals surface area contributed by atoms with Gasteiger partial charge in [-0.05, 0) is 18.4 Å². The first-order chi connectivity index (χ1) is 7.83. The number of nitrogens with zero attached hydrogens (tertiary/aromatic N) is 3. The summed E-state index contributed by atoms with van der Waals surface area (Å²) in [5.41, 5.74) is 7.43. The Kier molecular flexibility index (Phi) is 5.47. The molecule has 2 aromatic rings. The Morgan fingerprint density at radius 3 is 2.59 bits per heavy atom. The minimum Gasteiger partial charge on any atom is -0.329 e. The van der Waals surface area contributed by atoms with Crippen LogP contribution < -0.4 is 5.73 Å². The number of aromatic nitrogens is 3. The number of hydrogen-bond acceptors (Lipinski definition) is 4. The summed E-state index contributed by atoms with van der Waals surface area (Å²) in [6, 6.07) is 8.29. The van der Waals surface area contributed by atoms with Gasteiger partial charge in [-0.1, -0.05) is 17.3 Å². The highest BCUT2D eigenvalue weighted by Gasteiger charge is 2.03. The molecule has 0 aliphatic rings. The minimum atomic E-state index is 0. The lowest BCUT2D eigenvalue weighted by molar-refractivity contribution is 0.598. The van der Waals surface area contributed by atoms with Gasteiger partial charge in [0.15, 0.2) is 0 Å². The molecule has 0 unspecified atom stereocenters. The summed E-state index contributed by atoms with van der Waals surface area (Å²) >= 11 is 1.73. The largest absolute Gasteiger partial charge is 0.329 e. The monoisotopic (exact) mass is 270 g/mol. The molecule has 0 saturated heterocycles. The van der Waals surface area contributed by atoms with Crippen LogP contribution in [0.4, 0.5) is 0 Å². The number of thioether (sulfide) groups is 1. The Labute approximate surface area is 111 Å². The van der Waals surface area contributed by atoms with Gasteiger partial charge in [-0.25, -0.2) is 0 Å². The molecule has 17 heavy (non-hydrogen) atoms. The first kappa shape index (κ1) is 14.0. The zero-order valence-corrected chi connectivity index (χ0v) is 11.2. The number of hydrogen-bond donors (Lipinski definition) is 1. The maximum absolute atomic E-state index is 5.46. The summed E-state index contributed by atoms with van der Waals surface area (Å²) in [6.07, 6.45) is 3.98. The van der Waals surface area contributed by atoms with Crippen molar-refractivity contribution in [1.29, 1.82) is 0 Å². The first-order valence-corrected chi connectivity index (χ1v) is 6.30. The maximum Gasteiger partial charge on any atom is 0.113 e. The molecule has 1 aromatic heterocycles. The standard InChI is InChI=1S/C11H14N4S.ClH/c1-16-10-4-2-9(3-5-10)11-8-15(7-6-12)14-13-11;/h2-5,8H,6-7,12H2,1H3;1H. The molecule has 0 aliphatic heterocycles. The van der Waals surface area contributed by atoms with Crippen LogP contribution in [-0.4, -0.2) is 27.8 Å². The molecule has 92 valence electrons. The SMILES string of the molecule is CSc1ccc(-c2cn(CCN)nn2)cc1.Cl. The molecule has 0 amide bonds. The minimum absolute atomic E-state index is 0. The van der Waals surface area contributed by atoms with Gasteiger partial charge in [0.25, 0.3) is 0 Å². The lowest BCUT2D eigenvalue weighted by Gasteiger charge is -1.98. The van der Waals surface area contributed by atoms with Crippen LogP contribution in [0.1, 0.15) is 0 Å². The second kappa shape index (κ2) is 6.64. The molecule has 0 bridgehead atoms. The van der Waals surface area contributed by atoms with Crippen LogP contribution in [0.3, 0.4) is 0 Å². The molecular formula is C11H15ClN4S. The Hall–Kier alpha value is -1.04. The maximum atomic E-state index is 5.46. The van der Waals surface area contributed by atoms with Crippen LogP contribution in [0, 0.1) is 0 Å². The fourth-order valence-electron chi connectivity index (χ4n) is 1.43. The van der Waals surface area contributed by atoms with E-state index in [0.29, 0.717) is 13.1 Å². The Bertz CT molecular complexity index is 455. The topological polar surface area (TPSA) is 56.7 Å². The van der Waals surface area contributed by atoms with E-state index < -0.39 is 0 Å². The van der Waals surface area contributed by atoms with E-state index in [-0.39, 0.29) is 12.4 Å². The van der Waals surface area contributed by atoms with Crippen LogP contribution in [0.25, 0.3) is 11.3 Å². The fourth-order valence-corrected chi connectivity index (χ4v) is 1.84. The average Bonchev–Trinajstić information content (AvgIpc) is 2.78. The summed E-state index contributed by atoms with van der Waals surface area (Å²) in [7, 11) is 0. The van der Waals surface area contributed by atoms with Crippen LogP contribution in [0.15, 0.2) is 35.4 Å². The Balaban J connectivity index is 0.00000144. The van der Waals surface area contributed by atoms with Crippen molar-refractivity contribution in [2.45, 2.75) is 11.4 Å². The third kappa shape index (κ3) is 3.46. The predicted octanol–water partition coefficient (Wildman–Crippen LogP) is 2.05. The Morgan fingerprint density at radius 1 is 1.29 bits per heavy atom. The van der Waals surface area contributed by atoms with Crippen molar-refractivity contribution in [3.63, 3.8) is 0 Å². The van der Waals surface area contributed by atoms with Gasteiger partial charge in [0.05, 0.1) is 12.7 Å². The molecular weight excluding hydrogens is 256 g/mol. The van der Waals surface area contributed by atoms with E-state index in [1.165, 1.54) is 4.90 Å². The summed E-state index contributed by atoms with van der Waals surface area (Å²) in [5, 5.41) is 8.12. The summed E-state index contributed by atoms with van der Waals surface area (Å²) in [5.74, 6) is 0. The molecule has 1 aromatic carbocycles. The van der Waals surface area contributed by atoms with E-state index >= 15 is 0 Å². The number of rotatable bonds is 4. The fraction of sp³-hybridized carbons (Fsp3) is 0.273. The van der Waals surface area contributed by atoms with Crippen molar-refractivity contribution in [1.82, 2.24) is 15.0 Å². The molecule has 2 N–H and O–H groups in total. The quantitative estimate of drug-likeness (QED) is 0.864. The van der Waals surface area contributed by atoms with Crippen molar-refractivity contribution in [2.24, 2.45) is 5.73 Å². The smallest absolute Gasteiger partial charge is 0.113 e. The molecule has 0 saturated carbocycles. The van der Waals surface area contributed by atoms with Crippen molar-refractivity contribution in [3.8, 4) is 11.3 Å². The molecule has 0 spiro atoms. The number of benzene rings is 1. The lowest BCUT2D eigenvalue weighted by atomic mass is 10.2. The zero-order chi connectivity index (χ0) is 11.4. The molecule has 0 radical (unpaired) electrons. The third-order valence-electron chi connectivity index (χ3n) is 2.28. The Morgan fingerprint density at radius 2 is 2.00 bits per heavy atom. The van der Waals surface area contributed by atoms with Crippen LogP contribution in [0.2, 0.25) is 0 Å². The van der Waals surface area contributed by atoms with Crippen LogP contribution in [0.5, 0.6) is 0 Å². The second-order valence-corrected chi connectivity index (χ2v) is 4.26. The van der Waals surface area contributed by atoms with E-state index in [1.807, 2.05) is 6.20 Å². The number of halogens is 1. The highest BCUT2D eigenvalue weighted by molar-refractivity contribution is 7.98. The zero-order valence-electron chi connectivity index (χ0n) is 9.54. The molecule has 2 rings (SSSR count). The van der Waals surface area contributed by atoms with Gasteiger partial charge in [0, 0.05) is 17.0 Å². The lowest BCUT2D eigenvalue weighted by Crippen LogP contribution is -2.10. The summed E-state index contributed by atoms with van der Waals surface area (Å²) in [6.45, 7) is 1.28. The van der Waals surface area contributed by atoms with Gasteiger partial charge in [-0.15, -0.1) is 29.3 Å². The van der Waals surface area contributed by atoms with E-state index in [1.54, 1.807) is 16.4 Å². The number of nitrogens with two attached hydrogens (primary N) is 1. The van der Waals surface area contributed by atoms with Gasteiger partial charge in [-0.2, -0.15) is 0 Å². The molecule has 4 nitrogen and oxygen atoms in total. The average molecular weight is 271 g/mol. The van der Waals surface area contributed by atoms with Crippen molar-refractivity contribution >= 4 is 24.2 Å². The van der Waals surface area contributed by atoms with Gasteiger partial charge >= 0.3 is 0 Å². The van der Waals surface area contributed by atoms with E-state index in [4.69, 9.17) is 5.73 Å². The molecule has 0 atom stereocenters. The van der Waals surface area contributed by atoms with E-state index in [2.05, 4.69) is 40.8 Å². The van der Waals surface area contributed by atoms with Crippen LogP contribution >= 0.6 is 24.2 Å². The molecule has 1 heterocycles. The van der Waals surface area contributed by atoms with E-state index in [0.717, 1.165) is 11.3 Å². The summed E-state index contributed by atoms with van der Waals surface area (Å²) < 4.78 is 1.76. The predicted molar refractivity (Wildman–Crippen MR) is 73.5 cm³/mol. The third-order valence-corrected chi connectivity index (χ3v) is 3.03. The first-order valence-electron chi connectivity index (χ1n) is 5.08. The van der Waals surface area contributed by atoms with Gasteiger partial charge < -0.3 is 5.73 Å². The van der Waals surface area contributed by atoms with Gasteiger partial charge in [-0.3, -0.25) is 4.68 Å². The van der Waals surface area contributed by atoms with E-state index in [9.17, 15) is 0 Å². The summed E-state index contributed by atoms with van der Waals surface area (Å²) in [4.78, 5) is 1.25. The molecule has 6 heteroatoms. The van der Waals surface area contributed by atoms with Crippen LogP contribution in [-0.2, 0) is 6.54 Å². The normalized spacial score (nSPS) is 10.0.